The lowest BCUT2D eigenvalue weighted by atomic mass is 9.92. The Morgan fingerprint density at radius 2 is 1.88 bits per heavy atom. The first-order valence-electron chi connectivity index (χ1n) is 10.2. The van der Waals surface area contributed by atoms with Gasteiger partial charge in [0.1, 0.15) is 0 Å². The van der Waals surface area contributed by atoms with Crippen LogP contribution >= 0.6 is 0 Å². The first-order chi connectivity index (χ1) is 12.4. The van der Waals surface area contributed by atoms with Crippen molar-refractivity contribution in [2.75, 3.05) is 39.3 Å². The van der Waals surface area contributed by atoms with E-state index >= 15 is 0 Å². The number of carbonyl (C=O) groups is 1. The molecule has 0 unspecified atom stereocenters. The molecule has 152 valence electrons. The van der Waals surface area contributed by atoms with Crippen LogP contribution < -0.4 is 5.32 Å². The number of amides is 1. The fourth-order valence-corrected chi connectivity index (χ4v) is 4.20. The summed E-state index contributed by atoms with van der Waals surface area (Å²) in [6.07, 6.45) is 1.28. The third-order valence-corrected chi connectivity index (χ3v) is 5.86. The summed E-state index contributed by atoms with van der Waals surface area (Å²) in [6.45, 7) is 7.35. The minimum Gasteiger partial charge on any atom is -0.355 e. The van der Waals surface area contributed by atoms with Crippen LogP contribution in [0.5, 0.6) is 0 Å². The Hall–Kier alpha value is -0.820. The molecule has 2 fully saturated rings. The predicted octanol–water partition coefficient (Wildman–Crippen LogP) is 3.42. The van der Waals surface area contributed by atoms with E-state index in [4.69, 9.17) is 0 Å². The van der Waals surface area contributed by atoms with E-state index in [1.54, 1.807) is 0 Å². The number of rotatable bonds is 9. The van der Waals surface area contributed by atoms with Crippen molar-refractivity contribution in [3.8, 4) is 0 Å². The summed E-state index contributed by atoms with van der Waals surface area (Å²) in [4.78, 5) is 16.6. The summed E-state index contributed by atoms with van der Waals surface area (Å²) >= 11 is 0. The maximum absolute atomic E-state index is 12.2. The quantitative estimate of drug-likeness (QED) is 0.669. The maximum Gasteiger partial charge on any atom is 0.389 e. The van der Waals surface area contributed by atoms with E-state index < -0.39 is 12.6 Å². The van der Waals surface area contributed by atoms with Crippen molar-refractivity contribution in [1.82, 2.24) is 15.1 Å². The zero-order valence-electron chi connectivity index (χ0n) is 16.0. The molecule has 4 nitrogen and oxygen atoms in total. The van der Waals surface area contributed by atoms with Gasteiger partial charge in [-0.25, -0.2) is 0 Å². The van der Waals surface area contributed by atoms with E-state index in [0.717, 1.165) is 52.0 Å². The Morgan fingerprint density at radius 1 is 1.15 bits per heavy atom. The molecule has 2 heterocycles. The molecule has 0 aliphatic carbocycles. The largest absolute Gasteiger partial charge is 0.389 e. The Labute approximate surface area is 155 Å². The Bertz CT molecular complexity index is 423. The molecule has 2 saturated heterocycles. The van der Waals surface area contributed by atoms with Crippen molar-refractivity contribution >= 4 is 5.91 Å². The molecule has 7 heteroatoms. The van der Waals surface area contributed by atoms with Crippen molar-refractivity contribution in [1.29, 1.82) is 0 Å². The first-order valence-corrected chi connectivity index (χ1v) is 10.2. The molecule has 2 aliphatic heterocycles. The molecule has 1 N–H and O–H groups in total. The van der Waals surface area contributed by atoms with Gasteiger partial charge in [0.15, 0.2) is 0 Å². The second-order valence-electron chi connectivity index (χ2n) is 7.77. The number of piperidine rings is 1. The highest BCUT2D eigenvalue weighted by atomic mass is 19.4. The number of nitrogens with zero attached hydrogens (tertiary/aromatic N) is 2. The van der Waals surface area contributed by atoms with Gasteiger partial charge in [-0.1, -0.05) is 6.92 Å². The van der Waals surface area contributed by atoms with Crippen LogP contribution in [0.25, 0.3) is 0 Å². The third kappa shape index (κ3) is 7.82. The van der Waals surface area contributed by atoms with Crippen LogP contribution in [-0.2, 0) is 4.79 Å². The summed E-state index contributed by atoms with van der Waals surface area (Å²) in [5.74, 6) is 0.666. The van der Waals surface area contributed by atoms with Gasteiger partial charge in [0.25, 0.3) is 0 Å². The van der Waals surface area contributed by atoms with Crippen LogP contribution in [-0.4, -0.2) is 67.2 Å². The van der Waals surface area contributed by atoms with Gasteiger partial charge in [-0.05, 0) is 77.2 Å². The van der Waals surface area contributed by atoms with E-state index in [0.29, 0.717) is 24.9 Å². The van der Waals surface area contributed by atoms with Gasteiger partial charge in [0.05, 0.1) is 0 Å². The second kappa shape index (κ2) is 10.5. The summed E-state index contributed by atoms with van der Waals surface area (Å²) in [5, 5.41) is 3.08. The highest BCUT2D eigenvalue weighted by molar-refractivity contribution is 5.75. The summed E-state index contributed by atoms with van der Waals surface area (Å²) < 4.78 is 36.6. The molecule has 26 heavy (non-hydrogen) atoms. The lowest BCUT2D eigenvalue weighted by Crippen LogP contribution is -2.40. The Morgan fingerprint density at radius 3 is 2.54 bits per heavy atom. The zero-order valence-corrected chi connectivity index (χ0v) is 16.0. The van der Waals surface area contributed by atoms with Gasteiger partial charge >= 0.3 is 6.18 Å². The van der Waals surface area contributed by atoms with Crippen LogP contribution in [0, 0.1) is 5.92 Å². The molecule has 0 saturated carbocycles. The summed E-state index contributed by atoms with van der Waals surface area (Å²) in [7, 11) is 0. The molecule has 0 radical (unpaired) electrons. The lowest BCUT2D eigenvalue weighted by Gasteiger charge is -2.32. The fourth-order valence-electron chi connectivity index (χ4n) is 4.20. The number of hydrogen-bond acceptors (Lipinski definition) is 3. The number of nitrogens with one attached hydrogen (secondary N) is 1. The normalized spacial score (nSPS) is 23.5. The molecule has 2 rings (SSSR count). The highest BCUT2D eigenvalue weighted by Gasteiger charge is 2.27. The molecule has 0 aromatic carbocycles. The van der Waals surface area contributed by atoms with E-state index in [-0.39, 0.29) is 12.3 Å². The molecule has 2 aliphatic rings. The number of carbonyl (C=O) groups excluding carboxylic acids is 1. The number of halogens is 3. The standard InChI is InChI=1S/C19H34F3N3O/c1-2-25-12-3-5-17(25)15-23-18(26)7-6-16-8-13-24(14-9-16)11-4-10-19(20,21)22/h16-17H,2-15H2,1H3,(H,23,26)/t17-/m1/s1. The van der Waals surface area contributed by atoms with Crippen LogP contribution in [0.3, 0.4) is 0 Å². The molecule has 0 aromatic heterocycles. The summed E-state index contributed by atoms with van der Waals surface area (Å²) in [5.41, 5.74) is 0. The predicted molar refractivity (Wildman–Crippen MR) is 97.0 cm³/mol. The minimum atomic E-state index is -4.04. The van der Waals surface area contributed by atoms with Gasteiger partial charge in [0.2, 0.25) is 5.91 Å². The number of hydrogen-bond donors (Lipinski definition) is 1. The van der Waals surface area contributed by atoms with Gasteiger partial charge in [-0.2, -0.15) is 13.2 Å². The van der Waals surface area contributed by atoms with Gasteiger partial charge in [-0.15, -0.1) is 0 Å². The monoisotopic (exact) mass is 377 g/mol. The molecule has 0 aromatic rings. The first kappa shape index (κ1) is 21.5. The molecule has 0 spiro atoms. The van der Waals surface area contributed by atoms with Gasteiger partial charge in [-0.3, -0.25) is 9.69 Å². The van der Waals surface area contributed by atoms with E-state index in [1.807, 2.05) is 0 Å². The Kier molecular flexibility index (Phi) is 8.67. The minimum absolute atomic E-state index is 0.139. The van der Waals surface area contributed by atoms with Crippen molar-refractivity contribution in [3.63, 3.8) is 0 Å². The zero-order chi connectivity index (χ0) is 19.0. The van der Waals surface area contributed by atoms with Crippen LogP contribution in [0.2, 0.25) is 0 Å². The van der Waals surface area contributed by atoms with E-state index in [9.17, 15) is 18.0 Å². The van der Waals surface area contributed by atoms with Crippen molar-refractivity contribution in [2.24, 2.45) is 5.92 Å². The van der Waals surface area contributed by atoms with Gasteiger partial charge in [0, 0.05) is 25.4 Å². The highest BCUT2D eigenvalue weighted by Crippen LogP contribution is 2.24. The summed E-state index contributed by atoms with van der Waals surface area (Å²) in [6, 6.07) is 0.490. The van der Waals surface area contributed by atoms with Crippen molar-refractivity contribution in [2.45, 2.75) is 70.5 Å². The third-order valence-electron chi connectivity index (χ3n) is 5.86. The molecular formula is C19H34F3N3O. The molecular weight excluding hydrogens is 343 g/mol. The van der Waals surface area contributed by atoms with E-state index in [1.165, 1.54) is 12.8 Å². The topological polar surface area (TPSA) is 35.6 Å². The van der Waals surface area contributed by atoms with Gasteiger partial charge < -0.3 is 10.2 Å². The molecule has 0 bridgehead atoms. The number of likely N-dealkylation sites (N-methyl/N-ethyl adjacent to an activating group) is 1. The van der Waals surface area contributed by atoms with Crippen LogP contribution in [0.15, 0.2) is 0 Å². The second-order valence-corrected chi connectivity index (χ2v) is 7.77. The molecule has 1 atom stereocenters. The molecule has 1 amide bonds. The number of likely N-dealkylation sites (tertiary alicyclic amines) is 2. The van der Waals surface area contributed by atoms with Crippen molar-refractivity contribution in [3.05, 3.63) is 0 Å². The van der Waals surface area contributed by atoms with Crippen LogP contribution in [0.4, 0.5) is 13.2 Å². The van der Waals surface area contributed by atoms with E-state index in [2.05, 4.69) is 22.0 Å². The smallest absolute Gasteiger partial charge is 0.355 e. The van der Waals surface area contributed by atoms with Crippen LogP contribution in [0.1, 0.15) is 58.3 Å². The lowest BCUT2D eigenvalue weighted by molar-refractivity contribution is -0.136. The van der Waals surface area contributed by atoms with Crippen molar-refractivity contribution < 1.29 is 18.0 Å². The maximum atomic E-state index is 12.2. The SMILES string of the molecule is CCN1CCC[C@@H]1CNC(=O)CCC1CCN(CCCC(F)(F)F)CC1. The average Bonchev–Trinajstić information content (AvgIpc) is 3.05. The Balaban J connectivity index is 1.53. The average molecular weight is 377 g/mol. The number of alkyl halides is 3. The fraction of sp³-hybridized carbons (Fsp3) is 0.947.